The van der Waals surface area contributed by atoms with Gasteiger partial charge in [0.25, 0.3) is 6.43 Å². The van der Waals surface area contributed by atoms with Gasteiger partial charge in [0.05, 0.1) is 12.2 Å². The molecule has 1 rings (SSSR count). The van der Waals surface area contributed by atoms with E-state index in [1.54, 1.807) is 13.2 Å². The minimum absolute atomic E-state index is 0.309. The molecule has 0 spiro atoms. The highest BCUT2D eigenvalue weighted by molar-refractivity contribution is 4.90. The van der Waals surface area contributed by atoms with Gasteiger partial charge in [0, 0.05) is 19.8 Å². The third-order valence-corrected chi connectivity index (χ3v) is 1.25. The lowest BCUT2D eigenvalue weighted by molar-refractivity contribution is 0.145. The summed E-state index contributed by atoms with van der Waals surface area (Å²) in [6.45, 7) is 0.0226. The predicted molar refractivity (Wildman–Crippen MR) is 38.7 cm³/mol. The molecule has 0 aromatic carbocycles. The van der Waals surface area contributed by atoms with Crippen LogP contribution in [0.25, 0.3) is 0 Å². The molecule has 0 unspecified atom stereocenters. The molecule has 0 aliphatic heterocycles. The molecule has 0 amide bonds. The average molecular weight is 176 g/mol. The van der Waals surface area contributed by atoms with Gasteiger partial charge in [-0.3, -0.25) is 4.68 Å². The van der Waals surface area contributed by atoms with Crippen LogP contribution in [0.4, 0.5) is 8.78 Å². The van der Waals surface area contributed by atoms with Crippen molar-refractivity contribution in [2.24, 2.45) is 7.05 Å². The molecule has 68 valence electrons. The summed E-state index contributed by atoms with van der Waals surface area (Å²) in [6.07, 6.45) is -0.639. The number of nitrogens with zero attached hydrogens (tertiary/aromatic N) is 3. The van der Waals surface area contributed by atoms with Crippen molar-refractivity contribution in [1.29, 1.82) is 0 Å². The molecule has 0 aliphatic carbocycles. The summed E-state index contributed by atoms with van der Waals surface area (Å²) < 4.78 is 24.8. The topological polar surface area (TPSA) is 42.7 Å². The van der Waals surface area contributed by atoms with Crippen molar-refractivity contribution in [1.82, 2.24) is 20.3 Å². The van der Waals surface area contributed by atoms with Crippen LogP contribution in [0, 0.1) is 0 Å². The van der Waals surface area contributed by atoms with Crippen molar-refractivity contribution >= 4 is 0 Å². The minimum Gasteiger partial charge on any atom is -0.306 e. The van der Waals surface area contributed by atoms with E-state index in [0.717, 1.165) is 0 Å². The van der Waals surface area contributed by atoms with Gasteiger partial charge in [-0.1, -0.05) is 5.21 Å². The number of hydrogen-bond acceptors (Lipinski definition) is 3. The predicted octanol–water partition coefficient (Wildman–Crippen LogP) is 0.170. The third kappa shape index (κ3) is 2.91. The van der Waals surface area contributed by atoms with Gasteiger partial charge in [0.15, 0.2) is 0 Å². The fourth-order valence-corrected chi connectivity index (χ4v) is 0.786. The van der Waals surface area contributed by atoms with E-state index in [4.69, 9.17) is 0 Å². The van der Waals surface area contributed by atoms with E-state index in [1.807, 2.05) is 0 Å². The van der Waals surface area contributed by atoms with Gasteiger partial charge in [-0.2, -0.15) is 0 Å². The monoisotopic (exact) mass is 176 g/mol. The molecule has 1 heterocycles. The standard InChI is InChI=1S/C6H10F2N4/c1-12-4-5(10-11-12)2-9-3-6(7)8/h4,6,9H,2-3H2,1H3. The zero-order valence-corrected chi connectivity index (χ0v) is 6.67. The lowest BCUT2D eigenvalue weighted by atomic mass is 10.4. The molecule has 0 atom stereocenters. The van der Waals surface area contributed by atoms with Crippen LogP contribution in [0.3, 0.4) is 0 Å². The molecule has 0 radical (unpaired) electrons. The molecule has 0 aliphatic rings. The Morgan fingerprint density at radius 3 is 2.92 bits per heavy atom. The molecule has 0 saturated carbocycles. The second-order valence-corrected chi connectivity index (χ2v) is 2.41. The van der Waals surface area contributed by atoms with Crippen LogP contribution in [0.2, 0.25) is 0 Å². The molecule has 1 aromatic heterocycles. The molecule has 1 N–H and O–H groups in total. The Bertz CT molecular complexity index is 235. The second-order valence-electron chi connectivity index (χ2n) is 2.41. The van der Waals surface area contributed by atoms with E-state index < -0.39 is 6.43 Å². The average Bonchev–Trinajstić information content (AvgIpc) is 2.35. The van der Waals surface area contributed by atoms with Crippen molar-refractivity contribution in [3.8, 4) is 0 Å². The van der Waals surface area contributed by atoms with E-state index in [-0.39, 0.29) is 6.54 Å². The maximum atomic E-state index is 11.6. The van der Waals surface area contributed by atoms with Crippen LogP contribution < -0.4 is 5.32 Å². The first-order chi connectivity index (χ1) is 5.68. The summed E-state index contributed by atoms with van der Waals surface area (Å²) in [4.78, 5) is 0. The number of hydrogen-bond donors (Lipinski definition) is 1. The smallest absolute Gasteiger partial charge is 0.250 e. The van der Waals surface area contributed by atoms with Gasteiger partial charge in [0.1, 0.15) is 0 Å². The molecule has 6 heteroatoms. The summed E-state index contributed by atoms with van der Waals surface area (Å²) in [7, 11) is 1.73. The zero-order chi connectivity index (χ0) is 8.97. The van der Waals surface area contributed by atoms with Crippen molar-refractivity contribution < 1.29 is 8.78 Å². The van der Waals surface area contributed by atoms with Gasteiger partial charge in [-0.05, 0) is 0 Å². The lowest BCUT2D eigenvalue weighted by Gasteiger charge is -1.99. The molecule has 0 bridgehead atoms. The van der Waals surface area contributed by atoms with E-state index >= 15 is 0 Å². The maximum Gasteiger partial charge on any atom is 0.250 e. The third-order valence-electron chi connectivity index (χ3n) is 1.25. The number of nitrogens with one attached hydrogen (secondary N) is 1. The summed E-state index contributed by atoms with van der Waals surface area (Å²) in [5.41, 5.74) is 0.665. The fourth-order valence-electron chi connectivity index (χ4n) is 0.786. The summed E-state index contributed by atoms with van der Waals surface area (Å²) in [5, 5.41) is 9.92. The van der Waals surface area contributed by atoms with E-state index in [1.165, 1.54) is 4.68 Å². The van der Waals surface area contributed by atoms with E-state index in [2.05, 4.69) is 15.6 Å². The van der Waals surface area contributed by atoms with Gasteiger partial charge >= 0.3 is 0 Å². The molecule has 1 aromatic rings. The Morgan fingerprint density at radius 2 is 2.42 bits per heavy atom. The summed E-state index contributed by atoms with van der Waals surface area (Å²) in [5.74, 6) is 0. The molecule has 4 nitrogen and oxygen atoms in total. The molecule has 0 fully saturated rings. The Labute approximate surface area is 68.6 Å². The van der Waals surface area contributed by atoms with Crippen molar-refractivity contribution in [3.63, 3.8) is 0 Å². The Hall–Kier alpha value is -1.04. The summed E-state index contributed by atoms with van der Waals surface area (Å²) >= 11 is 0. The molecule has 0 saturated heterocycles. The number of halogens is 2. The van der Waals surface area contributed by atoms with Crippen molar-refractivity contribution in [3.05, 3.63) is 11.9 Å². The lowest BCUT2D eigenvalue weighted by Crippen LogP contribution is -2.20. The molecular formula is C6H10F2N4. The van der Waals surface area contributed by atoms with Crippen LogP contribution in [0.15, 0.2) is 6.20 Å². The number of rotatable bonds is 4. The first-order valence-electron chi connectivity index (χ1n) is 3.52. The Kier molecular flexibility index (Phi) is 3.09. The van der Waals surface area contributed by atoms with Crippen molar-refractivity contribution in [2.75, 3.05) is 6.54 Å². The minimum atomic E-state index is -2.32. The van der Waals surface area contributed by atoms with E-state index in [9.17, 15) is 8.78 Å². The number of aryl methyl sites for hydroxylation is 1. The highest BCUT2D eigenvalue weighted by Gasteiger charge is 2.02. The van der Waals surface area contributed by atoms with Gasteiger partial charge in [-0.25, -0.2) is 8.78 Å². The fraction of sp³-hybridized carbons (Fsp3) is 0.667. The second kappa shape index (κ2) is 4.10. The van der Waals surface area contributed by atoms with Gasteiger partial charge in [0.2, 0.25) is 0 Å². The normalized spacial score (nSPS) is 11.0. The van der Waals surface area contributed by atoms with Crippen LogP contribution in [-0.2, 0) is 13.6 Å². The zero-order valence-electron chi connectivity index (χ0n) is 6.67. The first kappa shape index (κ1) is 9.05. The SMILES string of the molecule is Cn1cc(CNCC(F)F)nn1. The quantitative estimate of drug-likeness (QED) is 0.711. The summed E-state index contributed by atoms with van der Waals surface area (Å²) in [6, 6.07) is 0. The first-order valence-corrected chi connectivity index (χ1v) is 3.52. The highest BCUT2D eigenvalue weighted by Crippen LogP contribution is 1.92. The van der Waals surface area contributed by atoms with Crippen LogP contribution in [0.1, 0.15) is 5.69 Å². The van der Waals surface area contributed by atoms with Crippen molar-refractivity contribution in [2.45, 2.75) is 13.0 Å². The maximum absolute atomic E-state index is 11.6. The highest BCUT2D eigenvalue weighted by atomic mass is 19.3. The molecular weight excluding hydrogens is 166 g/mol. The number of alkyl halides is 2. The van der Waals surface area contributed by atoms with Gasteiger partial charge in [-0.15, -0.1) is 5.10 Å². The Morgan fingerprint density at radius 1 is 1.67 bits per heavy atom. The number of aromatic nitrogens is 3. The Balaban J connectivity index is 2.24. The van der Waals surface area contributed by atoms with Crippen LogP contribution in [-0.4, -0.2) is 28.0 Å². The van der Waals surface area contributed by atoms with E-state index in [0.29, 0.717) is 12.2 Å². The van der Waals surface area contributed by atoms with Crippen LogP contribution in [0.5, 0.6) is 0 Å². The van der Waals surface area contributed by atoms with Gasteiger partial charge < -0.3 is 5.32 Å². The van der Waals surface area contributed by atoms with Crippen LogP contribution >= 0.6 is 0 Å². The molecule has 12 heavy (non-hydrogen) atoms. The largest absolute Gasteiger partial charge is 0.306 e.